The number of aryl methyl sites for hydroxylation is 1. The van der Waals surface area contributed by atoms with Gasteiger partial charge in [0.25, 0.3) is 0 Å². The van der Waals surface area contributed by atoms with Crippen molar-refractivity contribution < 1.29 is 4.74 Å². The zero-order valence-electron chi connectivity index (χ0n) is 20.0. The van der Waals surface area contributed by atoms with Gasteiger partial charge in [-0.15, -0.1) is 11.3 Å². The molecule has 0 fully saturated rings. The molecule has 0 aliphatic rings. The number of pyridine rings is 1. The van der Waals surface area contributed by atoms with Gasteiger partial charge in [0.05, 0.1) is 35.5 Å². The third-order valence-corrected chi connectivity index (χ3v) is 7.13. The first kappa shape index (κ1) is 23.1. The molecule has 0 spiro atoms. The quantitative estimate of drug-likeness (QED) is 0.296. The van der Waals surface area contributed by atoms with Crippen LogP contribution < -0.4 is 4.74 Å². The molecule has 1 N–H and O–H groups in total. The van der Waals surface area contributed by atoms with Crippen LogP contribution in [0.2, 0.25) is 0 Å². The second-order valence-corrected chi connectivity index (χ2v) is 9.48. The summed E-state index contributed by atoms with van der Waals surface area (Å²) in [6, 6.07) is 20.6. The van der Waals surface area contributed by atoms with Crippen molar-refractivity contribution in [2.45, 2.75) is 20.3 Å². The van der Waals surface area contributed by atoms with Crippen molar-refractivity contribution in [1.82, 2.24) is 19.5 Å². The number of rotatable bonds is 6. The van der Waals surface area contributed by atoms with Gasteiger partial charge in [0.2, 0.25) is 5.88 Å². The Balaban J connectivity index is 1.53. The number of allylic oxidation sites excluding steroid dienone is 1. The number of ether oxygens (including phenoxy) is 1. The molecule has 8 heteroatoms. The zero-order valence-corrected chi connectivity index (χ0v) is 20.8. The zero-order chi connectivity index (χ0) is 25.2. The Hall–Kier alpha value is -4.66. The van der Waals surface area contributed by atoms with Gasteiger partial charge in [-0.2, -0.15) is 10.5 Å². The van der Waals surface area contributed by atoms with E-state index >= 15 is 0 Å². The number of fused-ring (bicyclic) bond motifs is 1. The molecule has 176 valence electrons. The van der Waals surface area contributed by atoms with E-state index in [1.165, 1.54) is 5.56 Å². The molecule has 0 aliphatic heterocycles. The number of nitrogens with zero attached hydrogens (tertiary/aromatic N) is 5. The summed E-state index contributed by atoms with van der Waals surface area (Å²) < 4.78 is 7.26. The Labute approximate surface area is 212 Å². The molecule has 5 aromatic rings. The minimum Gasteiger partial charge on any atom is -0.481 e. The molecule has 1 aromatic carbocycles. The molecule has 7 nitrogen and oxygen atoms in total. The summed E-state index contributed by atoms with van der Waals surface area (Å²) in [4.78, 5) is 13.0. The monoisotopic (exact) mass is 490 g/mol. The maximum absolute atomic E-state index is 9.91. The molecule has 0 bridgehead atoms. The molecular formula is C28H22N6OS. The number of hydrogen-bond donors (Lipinski definition) is 1. The number of nitrogens with one attached hydrogen (secondary N) is 1. The Morgan fingerprint density at radius 3 is 2.69 bits per heavy atom. The lowest BCUT2D eigenvalue weighted by molar-refractivity contribution is 0.398. The predicted molar refractivity (Wildman–Crippen MR) is 141 cm³/mol. The minimum atomic E-state index is 0.405. The number of methoxy groups -OCH3 is 1. The van der Waals surface area contributed by atoms with Gasteiger partial charge < -0.3 is 14.3 Å². The second kappa shape index (κ2) is 9.53. The lowest BCUT2D eigenvalue weighted by Gasteiger charge is -2.07. The van der Waals surface area contributed by atoms with E-state index in [4.69, 9.17) is 4.74 Å². The summed E-state index contributed by atoms with van der Waals surface area (Å²) in [6.45, 7) is 4.01. The summed E-state index contributed by atoms with van der Waals surface area (Å²) in [6.07, 6.45) is 4.24. The second-order valence-electron chi connectivity index (χ2n) is 8.37. The largest absolute Gasteiger partial charge is 0.481 e. The average molecular weight is 491 g/mol. The topological polar surface area (TPSA) is 103 Å². The van der Waals surface area contributed by atoms with Gasteiger partial charge in [-0.25, -0.2) is 9.97 Å². The molecule has 5 rings (SSSR count). The highest BCUT2D eigenvalue weighted by molar-refractivity contribution is 7.14. The van der Waals surface area contributed by atoms with Crippen molar-refractivity contribution in [1.29, 1.82) is 10.5 Å². The van der Waals surface area contributed by atoms with Gasteiger partial charge >= 0.3 is 0 Å². The maximum atomic E-state index is 9.91. The molecule has 0 saturated heterocycles. The van der Waals surface area contributed by atoms with Gasteiger partial charge in [-0.3, -0.25) is 0 Å². The Kier molecular flexibility index (Phi) is 6.12. The molecule has 0 amide bonds. The Morgan fingerprint density at radius 2 is 1.97 bits per heavy atom. The van der Waals surface area contributed by atoms with E-state index in [0.717, 1.165) is 38.8 Å². The molecular weight excluding hydrogens is 468 g/mol. The van der Waals surface area contributed by atoms with E-state index in [-0.39, 0.29) is 0 Å². The van der Waals surface area contributed by atoms with Gasteiger partial charge in [0.15, 0.2) is 0 Å². The van der Waals surface area contributed by atoms with Crippen LogP contribution in [0.25, 0.3) is 27.7 Å². The molecule has 0 saturated carbocycles. The maximum Gasteiger partial charge on any atom is 0.215 e. The summed E-state index contributed by atoms with van der Waals surface area (Å²) >= 11 is 1.62. The lowest BCUT2D eigenvalue weighted by Crippen LogP contribution is -1.98. The standard InChI is InChI=1S/C28H22N6OS/c1-17-9-20(11-21(14-29)27-32-24-13-26(35-3)31-16-25(24)33-27)18(2)34(17)28-22(15-30)12-23(36-28)10-19-7-5-4-6-8-19/h4-9,11-13,16H,10H2,1-3H3,(H,32,33)/b21-11+. The first-order valence-electron chi connectivity index (χ1n) is 11.3. The molecule has 0 unspecified atom stereocenters. The van der Waals surface area contributed by atoms with Crippen molar-refractivity contribution in [3.05, 3.63) is 93.5 Å². The Bertz CT molecular complexity index is 1690. The number of aromatic nitrogens is 4. The van der Waals surface area contributed by atoms with Crippen molar-refractivity contribution >= 4 is 34.0 Å². The number of aromatic amines is 1. The summed E-state index contributed by atoms with van der Waals surface area (Å²) in [5.41, 5.74) is 6.47. The summed E-state index contributed by atoms with van der Waals surface area (Å²) in [5, 5.41) is 20.6. The van der Waals surface area contributed by atoms with Crippen LogP contribution >= 0.6 is 11.3 Å². The number of thiophene rings is 1. The fourth-order valence-corrected chi connectivity index (χ4v) is 5.50. The number of H-pyrrole nitrogens is 1. The van der Waals surface area contributed by atoms with E-state index in [2.05, 4.69) is 43.8 Å². The van der Waals surface area contributed by atoms with Crippen LogP contribution in [0.1, 0.15) is 38.8 Å². The van der Waals surface area contributed by atoms with E-state index in [1.54, 1.807) is 30.7 Å². The summed E-state index contributed by atoms with van der Waals surface area (Å²) in [7, 11) is 1.55. The molecule has 0 atom stereocenters. The van der Waals surface area contributed by atoms with Crippen LogP contribution in [0.4, 0.5) is 0 Å². The van der Waals surface area contributed by atoms with Crippen LogP contribution in [-0.4, -0.2) is 26.6 Å². The van der Waals surface area contributed by atoms with Gasteiger partial charge in [-0.05, 0) is 43.2 Å². The van der Waals surface area contributed by atoms with E-state index < -0.39 is 0 Å². The number of nitriles is 2. The fraction of sp³-hybridized carbons (Fsp3) is 0.143. The van der Waals surface area contributed by atoms with E-state index in [0.29, 0.717) is 28.4 Å². The van der Waals surface area contributed by atoms with Crippen molar-refractivity contribution in [2.75, 3.05) is 7.11 Å². The lowest BCUT2D eigenvalue weighted by atomic mass is 10.1. The Morgan fingerprint density at radius 1 is 1.17 bits per heavy atom. The van der Waals surface area contributed by atoms with E-state index in [9.17, 15) is 10.5 Å². The molecule has 4 aromatic heterocycles. The van der Waals surface area contributed by atoms with Crippen LogP contribution in [0.3, 0.4) is 0 Å². The molecule has 36 heavy (non-hydrogen) atoms. The predicted octanol–water partition coefficient (Wildman–Crippen LogP) is 5.96. The fourth-order valence-electron chi connectivity index (χ4n) is 4.25. The highest BCUT2D eigenvalue weighted by atomic mass is 32.1. The van der Waals surface area contributed by atoms with Crippen LogP contribution in [0.15, 0.2) is 54.7 Å². The molecule has 0 radical (unpaired) electrons. The number of imidazole rings is 1. The molecule has 0 aliphatic carbocycles. The highest BCUT2D eigenvalue weighted by Crippen LogP contribution is 2.33. The van der Waals surface area contributed by atoms with Crippen LogP contribution in [0.5, 0.6) is 5.88 Å². The minimum absolute atomic E-state index is 0.405. The van der Waals surface area contributed by atoms with Gasteiger partial charge in [-0.1, -0.05) is 30.3 Å². The first-order valence-corrected chi connectivity index (χ1v) is 12.1. The van der Waals surface area contributed by atoms with Crippen LogP contribution in [-0.2, 0) is 6.42 Å². The third kappa shape index (κ3) is 4.26. The number of benzene rings is 1. The highest BCUT2D eigenvalue weighted by Gasteiger charge is 2.18. The van der Waals surface area contributed by atoms with Gasteiger partial charge in [0.1, 0.15) is 23.0 Å². The molecule has 4 heterocycles. The normalized spacial score (nSPS) is 11.4. The third-order valence-electron chi connectivity index (χ3n) is 6.01. The first-order chi connectivity index (χ1) is 17.5. The van der Waals surface area contributed by atoms with Crippen molar-refractivity contribution in [3.8, 4) is 23.0 Å². The average Bonchev–Trinajstić information content (AvgIpc) is 3.57. The van der Waals surface area contributed by atoms with E-state index in [1.807, 2.05) is 50.3 Å². The SMILES string of the molecule is COc1cc2nc(/C(C#N)=C/c3cc(C)n(-c4sc(Cc5ccccc5)cc4C#N)c3C)[nH]c2cn1. The smallest absolute Gasteiger partial charge is 0.215 e. The van der Waals surface area contributed by atoms with Crippen molar-refractivity contribution in [3.63, 3.8) is 0 Å². The van der Waals surface area contributed by atoms with Crippen LogP contribution in [0, 0.1) is 36.5 Å². The van der Waals surface area contributed by atoms with Crippen molar-refractivity contribution in [2.24, 2.45) is 0 Å². The van der Waals surface area contributed by atoms with Gasteiger partial charge in [0, 0.05) is 28.8 Å². The number of hydrogen-bond acceptors (Lipinski definition) is 6. The summed E-state index contributed by atoms with van der Waals surface area (Å²) in [5.74, 6) is 0.925.